The molecule has 1 rings (SSSR count). The maximum absolute atomic E-state index is 11.5. The summed E-state index contributed by atoms with van der Waals surface area (Å²) in [6.45, 7) is 5.89. The van der Waals surface area contributed by atoms with Gasteiger partial charge in [0.2, 0.25) is 5.91 Å². The summed E-state index contributed by atoms with van der Waals surface area (Å²) in [5.41, 5.74) is 2.14. The van der Waals surface area contributed by atoms with Gasteiger partial charge in [-0.3, -0.25) is 4.79 Å². The quantitative estimate of drug-likeness (QED) is 0.841. The van der Waals surface area contributed by atoms with Crippen LogP contribution in [0.15, 0.2) is 24.3 Å². The van der Waals surface area contributed by atoms with Gasteiger partial charge in [-0.25, -0.2) is 0 Å². The van der Waals surface area contributed by atoms with Gasteiger partial charge in [-0.1, -0.05) is 48.8 Å². The highest BCUT2D eigenvalue weighted by molar-refractivity contribution is 9.09. The molecule has 1 unspecified atom stereocenters. The summed E-state index contributed by atoms with van der Waals surface area (Å²) in [5.74, 6) is 0.0730. The number of benzene rings is 1. The first-order chi connectivity index (χ1) is 7.49. The Labute approximate surface area is 106 Å². The van der Waals surface area contributed by atoms with E-state index in [4.69, 9.17) is 0 Å². The minimum Gasteiger partial charge on any atom is -0.326 e. The van der Waals surface area contributed by atoms with E-state index < -0.39 is 0 Å². The molecule has 0 radical (unpaired) electrons. The van der Waals surface area contributed by atoms with Crippen molar-refractivity contribution >= 4 is 27.5 Å². The lowest BCUT2D eigenvalue weighted by atomic mass is 10.1. The molecular formula is C13H18BrNO. The van der Waals surface area contributed by atoms with Gasteiger partial charge >= 0.3 is 0 Å². The average Bonchev–Trinajstić information content (AvgIpc) is 2.20. The van der Waals surface area contributed by atoms with E-state index in [2.05, 4.69) is 28.2 Å². The van der Waals surface area contributed by atoms with E-state index in [1.165, 1.54) is 5.56 Å². The fourth-order valence-electron chi connectivity index (χ4n) is 1.34. The second kappa shape index (κ2) is 6.04. The number of carbonyl (C=O) groups excluding carboxylic acids is 1. The Balaban J connectivity index is 2.61. The summed E-state index contributed by atoms with van der Waals surface area (Å²) >= 11 is 3.52. The number of hydrogen-bond acceptors (Lipinski definition) is 1. The number of carbonyl (C=O) groups is 1. The summed E-state index contributed by atoms with van der Waals surface area (Å²) in [7, 11) is 0. The van der Waals surface area contributed by atoms with Gasteiger partial charge in [0.05, 0.1) is 0 Å². The second-order valence-corrected chi connectivity index (χ2v) is 5.89. The van der Waals surface area contributed by atoms with Gasteiger partial charge < -0.3 is 5.32 Å². The van der Waals surface area contributed by atoms with Crippen LogP contribution in [-0.2, 0) is 11.2 Å². The van der Waals surface area contributed by atoms with Crippen LogP contribution in [0.5, 0.6) is 0 Å². The summed E-state index contributed by atoms with van der Waals surface area (Å²) in [6.07, 6.45) is 0.998. The van der Waals surface area contributed by atoms with Crippen molar-refractivity contribution in [3.05, 3.63) is 29.8 Å². The van der Waals surface area contributed by atoms with Crippen LogP contribution in [0, 0.1) is 5.92 Å². The van der Waals surface area contributed by atoms with Crippen molar-refractivity contribution in [3.8, 4) is 0 Å². The first-order valence-corrected chi connectivity index (χ1v) is 6.44. The van der Waals surface area contributed by atoms with Crippen molar-refractivity contribution in [2.75, 3.05) is 5.32 Å². The number of halogens is 1. The molecule has 0 saturated heterocycles. The molecule has 0 aliphatic rings. The average molecular weight is 284 g/mol. The molecule has 1 aromatic rings. The number of amides is 1. The monoisotopic (exact) mass is 283 g/mol. The van der Waals surface area contributed by atoms with Crippen molar-refractivity contribution in [2.45, 2.75) is 32.0 Å². The zero-order valence-electron chi connectivity index (χ0n) is 9.96. The summed E-state index contributed by atoms with van der Waals surface area (Å²) in [4.78, 5) is 11.9. The molecule has 0 saturated carbocycles. The minimum absolute atomic E-state index is 0.0160. The van der Waals surface area contributed by atoms with Crippen LogP contribution in [0.3, 0.4) is 0 Å². The Morgan fingerprint density at radius 1 is 1.25 bits per heavy atom. The summed E-state index contributed by atoms with van der Waals surface area (Å²) in [6, 6.07) is 8.00. The van der Waals surface area contributed by atoms with Gasteiger partial charge in [0, 0.05) is 16.4 Å². The van der Waals surface area contributed by atoms with Gasteiger partial charge in [-0.05, 0) is 24.1 Å². The molecule has 0 aromatic heterocycles. The Morgan fingerprint density at radius 2 is 1.81 bits per heavy atom. The molecule has 0 aliphatic heterocycles. The third kappa shape index (κ3) is 4.35. The highest BCUT2D eigenvalue weighted by Crippen LogP contribution is 2.14. The topological polar surface area (TPSA) is 29.1 Å². The van der Waals surface area contributed by atoms with Gasteiger partial charge in [0.1, 0.15) is 0 Å². The maximum Gasteiger partial charge on any atom is 0.226 e. The molecule has 0 bridgehead atoms. The zero-order chi connectivity index (χ0) is 12.1. The van der Waals surface area contributed by atoms with Gasteiger partial charge in [-0.2, -0.15) is 0 Å². The van der Waals surface area contributed by atoms with E-state index in [1.54, 1.807) is 0 Å². The second-order valence-electron chi connectivity index (χ2n) is 4.33. The van der Waals surface area contributed by atoms with E-state index in [1.807, 2.05) is 38.1 Å². The minimum atomic E-state index is 0.0160. The van der Waals surface area contributed by atoms with Gasteiger partial charge in [0.25, 0.3) is 0 Å². The molecule has 88 valence electrons. The van der Waals surface area contributed by atoms with E-state index in [0.717, 1.165) is 12.1 Å². The standard InChI is InChI=1S/C13H18BrNO/c1-9(2)13(16)15-12-6-4-11(5-7-12)8-10(3)14/h4-7,9-10H,8H2,1-3H3,(H,15,16). The Hall–Kier alpha value is -0.830. The van der Waals surface area contributed by atoms with Crippen molar-refractivity contribution in [3.63, 3.8) is 0 Å². The van der Waals surface area contributed by atoms with Crippen LogP contribution in [0.25, 0.3) is 0 Å². The molecule has 1 atom stereocenters. The Bertz CT molecular complexity index is 343. The maximum atomic E-state index is 11.5. The van der Waals surface area contributed by atoms with Gasteiger partial charge in [0.15, 0.2) is 0 Å². The predicted octanol–water partition coefficient (Wildman–Crippen LogP) is 3.61. The lowest BCUT2D eigenvalue weighted by molar-refractivity contribution is -0.118. The fourth-order valence-corrected chi connectivity index (χ4v) is 1.71. The lowest BCUT2D eigenvalue weighted by Gasteiger charge is -2.09. The van der Waals surface area contributed by atoms with Crippen LogP contribution in [-0.4, -0.2) is 10.7 Å². The number of rotatable bonds is 4. The third-order valence-corrected chi connectivity index (χ3v) is 2.59. The molecule has 1 N–H and O–H groups in total. The molecule has 0 heterocycles. The zero-order valence-corrected chi connectivity index (χ0v) is 11.5. The van der Waals surface area contributed by atoms with Crippen LogP contribution in [0.1, 0.15) is 26.3 Å². The van der Waals surface area contributed by atoms with Gasteiger partial charge in [-0.15, -0.1) is 0 Å². The molecule has 3 heteroatoms. The van der Waals surface area contributed by atoms with E-state index in [-0.39, 0.29) is 11.8 Å². The first kappa shape index (κ1) is 13.2. The molecule has 2 nitrogen and oxygen atoms in total. The summed E-state index contributed by atoms with van der Waals surface area (Å²) < 4.78 is 0. The summed E-state index contributed by atoms with van der Waals surface area (Å²) in [5, 5.41) is 2.87. The molecule has 1 amide bonds. The smallest absolute Gasteiger partial charge is 0.226 e. The molecule has 0 spiro atoms. The van der Waals surface area contributed by atoms with Crippen LogP contribution in [0.2, 0.25) is 0 Å². The van der Waals surface area contributed by atoms with Crippen molar-refractivity contribution in [1.82, 2.24) is 0 Å². The van der Waals surface area contributed by atoms with Crippen LogP contribution in [0.4, 0.5) is 5.69 Å². The molecular weight excluding hydrogens is 266 g/mol. The van der Waals surface area contributed by atoms with E-state index in [0.29, 0.717) is 4.83 Å². The first-order valence-electron chi connectivity index (χ1n) is 5.53. The van der Waals surface area contributed by atoms with E-state index >= 15 is 0 Å². The molecule has 1 aromatic carbocycles. The van der Waals surface area contributed by atoms with Crippen LogP contribution >= 0.6 is 15.9 Å². The van der Waals surface area contributed by atoms with Crippen molar-refractivity contribution < 1.29 is 4.79 Å². The fraction of sp³-hybridized carbons (Fsp3) is 0.462. The lowest BCUT2D eigenvalue weighted by Crippen LogP contribution is -2.17. The SMILES string of the molecule is CC(Br)Cc1ccc(NC(=O)C(C)C)cc1. The Kier molecular flexibility index (Phi) is 5.00. The van der Waals surface area contributed by atoms with Crippen LogP contribution < -0.4 is 5.32 Å². The van der Waals surface area contributed by atoms with Crippen molar-refractivity contribution in [1.29, 1.82) is 0 Å². The number of anilines is 1. The normalized spacial score (nSPS) is 12.6. The van der Waals surface area contributed by atoms with Crippen molar-refractivity contribution in [2.24, 2.45) is 5.92 Å². The number of alkyl halides is 1. The highest BCUT2D eigenvalue weighted by atomic mass is 79.9. The highest BCUT2D eigenvalue weighted by Gasteiger charge is 2.06. The number of nitrogens with one attached hydrogen (secondary N) is 1. The molecule has 16 heavy (non-hydrogen) atoms. The third-order valence-electron chi connectivity index (χ3n) is 2.26. The Morgan fingerprint density at radius 3 is 2.25 bits per heavy atom. The molecule has 0 aliphatic carbocycles. The molecule has 0 fully saturated rings. The number of hydrogen-bond donors (Lipinski definition) is 1. The largest absolute Gasteiger partial charge is 0.326 e. The predicted molar refractivity (Wildman–Crippen MR) is 72.0 cm³/mol. The van der Waals surface area contributed by atoms with E-state index in [9.17, 15) is 4.79 Å².